The molecule has 0 spiro atoms. The molecule has 1 rings (SSSR count). The summed E-state index contributed by atoms with van der Waals surface area (Å²) in [6.45, 7) is 9.64. The molecule has 1 N–H and O–H groups in total. The minimum Gasteiger partial charge on any atom is -0.497 e. The first-order valence-corrected chi connectivity index (χ1v) is 7.72. The first-order chi connectivity index (χ1) is 9.86. The molecule has 0 saturated carbocycles. The van der Waals surface area contributed by atoms with Gasteiger partial charge in [0.05, 0.1) is 19.8 Å². The predicted molar refractivity (Wildman–Crippen MR) is 86.5 cm³/mol. The van der Waals surface area contributed by atoms with Gasteiger partial charge in [0.2, 0.25) is 0 Å². The molecule has 0 fully saturated rings. The number of aliphatic hydroxyl groups excluding tert-OH is 1. The fourth-order valence-corrected chi connectivity index (χ4v) is 2.29. The molecule has 21 heavy (non-hydrogen) atoms. The average Bonchev–Trinajstić information content (AvgIpc) is 2.43. The zero-order chi connectivity index (χ0) is 15.9. The van der Waals surface area contributed by atoms with E-state index in [0.29, 0.717) is 12.5 Å². The van der Waals surface area contributed by atoms with Crippen LogP contribution in [0.1, 0.15) is 46.1 Å². The fourth-order valence-electron chi connectivity index (χ4n) is 2.29. The Balaban J connectivity index is 2.59. The van der Waals surface area contributed by atoms with Crippen LogP contribution >= 0.6 is 0 Å². The van der Waals surface area contributed by atoms with Crippen LogP contribution in [0.3, 0.4) is 0 Å². The van der Waals surface area contributed by atoms with Gasteiger partial charge in [-0.05, 0) is 41.9 Å². The van der Waals surface area contributed by atoms with Gasteiger partial charge in [0, 0.05) is 6.61 Å². The Hall–Kier alpha value is -1.06. The van der Waals surface area contributed by atoms with Crippen molar-refractivity contribution in [2.75, 3.05) is 13.7 Å². The third-order valence-electron chi connectivity index (χ3n) is 3.81. The summed E-state index contributed by atoms with van der Waals surface area (Å²) >= 11 is 0. The largest absolute Gasteiger partial charge is 0.497 e. The minimum atomic E-state index is 0.0934. The Bertz CT molecular complexity index is 392. The van der Waals surface area contributed by atoms with E-state index in [1.807, 2.05) is 24.3 Å². The zero-order valence-corrected chi connectivity index (χ0v) is 14.1. The molecule has 3 heteroatoms. The molecule has 120 valence electrons. The van der Waals surface area contributed by atoms with E-state index in [4.69, 9.17) is 14.6 Å². The van der Waals surface area contributed by atoms with Crippen molar-refractivity contribution in [3.8, 4) is 5.75 Å². The standard InChI is InChI=1S/C18H30O3/c1-14(10-11-19)12-17(18(2,3)4)21-13-15-6-8-16(20-5)9-7-15/h6-9,14,17,19H,10-13H2,1-5H3/t14-,17-/m0/s1. The SMILES string of the molecule is COc1ccc(CO[C@@H](C[C@@H](C)CCO)C(C)(C)C)cc1. The highest BCUT2D eigenvalue weighted by molar-refractivity contribution is 5.26. The van der Waals surface area contributed by atoms with Gasteiger partial charge in [0.25, 0.3) is 0 Å². The van der Waals surface area contributed by atoms with E-state index < -0.39 is 0 Å². The lowest BCUT2D eigenvalue weighted by Crippen LogP contribution is -2.31. The highest BCUT2D eigenvalue weighted by Gasteiger charge is 2.27. The Kier molecular flexibility index (Phi) is 7.20. The summed E-state index contributed by atoms with van der Waals surface area (Å²) in [4.78, 5) is 0. The number of hydrogen-bond acceptors (Lipinski definition) is 3. The second-order valence-corrected chi connectivity index (χ2v) is 6.87. The third kappa shape index (κ3) is 6.49. The maximum atomic E-state index is 9.06. The van der Waals surface area contributed by atoms with Crippen LogP contribution in [-0.4, -0.2) is 24.9 Å². The Morgan fingerprint density at radius 1 is 1.14 bits per heavy atom. The molecule has 3 nitrogen and oxygen atoms in total. The Labute approximate surface area is 129 Å². The first-order valence-electron chi connectivity index (χ1n) is 7.72. The van der Waals surface area contributed by atoms with E-state index in [1.54, 1.807) is 7.11 Å². The number of benzene rings is 1. The Morgan fingerprint density at radius 2 is 1.76 bits per heavy atom. The summed E-state index contributed by atoms with van der Waals surface area (Å²) in [5.41, 5.74) is 1.25. The van der Waals surface area contributed by atoms with Crippen LogP contribution < -0.4 is 4.74 Å². The summed E-state index contributed by atoms with van der Waals surface area (Å²) in [6.07, 6.45) is 1.99. The zero-order valence-electron chi connectivity index (χ0n) is 14.1. The van der Waals surface area contributed by atoms with Gasteiger partial charge < -0.3 is 14.6 Å². The van der Waals surface area contributed by atoms with Crippen molar-refractivity contribution in [2.24, 2.45) is 11.3 Å². The van der Waals surface area contributed by atoms with Gasteiger partial charge in [-0.15, -0.1) is 0 Å². The molecule has 0 aromatic heterocycles. The molecular formula is C18H30O3. The van der Waals surface area contributed by atoms with Crippen LogP contribution in [0.5, 0.6) is 5.75 Å². The quantitative estimate of drug-likeness (QED) is 0.786. The topological polar surface area (TPSA) is 38.7 Å². The summed E-state index contributed by atoms with van der Waals surface area (Å²) in [5.74, 6) is 1.33. The van der Waals surface area contributed by atoms with Gasteiger partial charge in [-0.3, -0.25) is 0 Å². The maximum absolute atomic E-state index is 9.06. The van der Waals surface area contributed by atoms with Crippen molar-refractivity contribution in [3.05, 3.63) is 29.8 Å². The second kappa shape index (κ2) is 8.40. The number of aliphatic hydroxyl groups is 1. The fraction of sp³-hybridized carbons (Fsp3) is 0.667. The second-order valence-electron chi connectivity index (χ2n) is 6.87. The van der Waals surface area contributed by atoms with Gasteiger partial charge in [0.1, 0.15) is 5.75 Å². The molecule has 0 radical (unpaired) electrons. The lowest BCUT2D eigenvalue weighted by molar-refractivity contribution is -0.0421. The molecule has 2 atom stereocenters. The van der Waals surface area contributed by atoms with E-state index in [-0.39, 0.29) is 18.1 Å². The molecule has 0 unspecified atom stereocenters. The van der Waals surface area contributed by atoms with Crippen LogP contribution in [-0.2, 0) is 11.3 Å². The third-order valence-corrected chi connectivity index (χ3v) is 3.81. The molecule has 0 aliphatic carbocycles. The van der Waals surface area contributed by atoms with Gasteiger partial charge >= 0.3 is 0 Å². The normalized spacial score (nSPS) is 14.8. The Morgan fingerprint density at radius 3 is 2.24 bits per heavy atom. The number of methoxy groups -OCH3 is 1. The van der Waals surface area contributed by atoms with E-state index in [2.05, 4.69) is 27.7 Å². The van der Waals surface area contributed by atoms with Crippen LogP contribution in [0.25, 0.3) is 0 Å². The van der Waals surface area contributed by atoms with Crippen molar-refractivity contribution >= 4 is 0 Å². The lowest BCUT2D eigenvalue weighted by atomic mass is 9.83. The summed E-state index contributed by atoms with van der Waals surface area (Å²) in [6, 6.07) is 7.99. The number of rotatable bonds is 8. The van der Waals surface area contributed by atoms with Crippen LogP contribution in [0, 0.1) is 11.3 Å². The summed E-state index contributed by atoms with van der Waals surface area (Å²) in [7, 11) is 1.67. The van der Waals surface area contributed by atoms with Crippen LogP contribution in [0.2, 0.25) is 0 Å². The average molecular weight is 294 g/mol. The molecule has 0 saturated heterocycles. The summed E-state index contributed by atoms with van der Waals surface area (Å²) < 4.78 is 11.3. The monoisotopic (exact) mass is 294 g/mol. The van der Waals surface area contributed by atoms with Crippen molar-refractivity contribution < 1.29 is 14.6 Å². The van der Waals surface area contributed by atoms with Crippen molar-refractivity contribution in [2.45, 2.75) is 53.2 Å². The highest BCUT2D eigenvalue weighted by Crippen LogP contribution is 2.29. The van der Waals surface area contributed by atoms with E-state index in [1.165, 1.54) is 0 Å². The van der Waals surface area contributed by atoms with Crippen LogP contribution in [0.15, 0.2) is 24.3 Å². The first kappa shape index (κ1) is 18.0. The molecule has 1 aromatic carbocycles. The molecule has 0 aliphatic rings. The minimum absolute atomic E-state index is 0.0934. The van der Waals surface area contributed by atoms with E-state index in [9.17, 15) is 0 Å². The van der Waals surface area contributed by atoms with Crippen molar-refractivity contribution in [1.82, 2.24) is 0 Å². The van der Waals surface area contributed by atoms with E-state index >= 15 is 0 Å². The molecule has 0 bridgehead atoms. The van der Waals surface area contributed by atoms with Crippen molar-refractivity contribution in [1.29, 1.82) is 0 Å². The van der Waals surface area contributed by atoms with Crippen LogP contribution in [0.4, 0.5) is 0 Å². The smallest absolute Gasteiger partial charge is 0.118 e. The number of ether oxygens (including phenoxy) is 2. The number of hydrogen-bond donors (Lipinski definition) is 1. The lowest BCUT2D eigenvalue weighted by Gasteiger charge is -2.32. The molecule has 0 amide bonds. The predicted octanol–water partition coefficient (Wildman–Crippen LogP) is 4.04. The molecular weight excluding hydrogens is 264 g/mol. The van der Waals surface area contributed by atoms with Gasteiger partial charge in [-0.25, -0.2) is 0 Å². The van der Waals surface area contributed by atoms with Crippen molar-refractivity contribution in [3.63, 3.8) is 0 Å². The molecule has 1 aromatic rings. The highest BCUT2D eigenvalue weighted by atomic mass is 16.5. The molecule has 0 aliphatic heterocycles. The maximum Gasteiger partial charge on any atom is 0.118 e. The summed E-state index contributed by atoms with van der Waals surface area (Å²) in [5, 5.41) is 9.06. The van der Waals surface area contributed by atoms with Gasteiger partial charge in [0.15, 0.2) is 0 Å². The van der Waals surface area contributed by atoms with Gasteiger partial charge in [-0.2, -0.15) is 0 Å². The van der Waals surface area contributed by atoms with Gasteiger partial charge in [-0.1, -0.05) is 39.8 Å². The molecule has 0 heterocycles. The van der Waals surface area contributed by atoms with E-state index in [0.717, 1.165) is 24.2 Å².